The van der Waals surface area contributed by atoms with Crippen LogP contribution in [0.25, 0.3) is 0 Å². The van der Waals surface area contributed by atoms with Gasteiger partial charge in [0.1, 0.15) is 5.88 Å². The van der Waals surface area contributed by atoms with Crippen LogP contribution >= 0.6 is 11.6 Å². The van der Waals surface area contributed by atoms with Crippen molar-refractivity contribution < 1.29 is 9.59 Å². The van der Waals surface area contributed by atoms with Gasteiger partial charge in [-0.1, -0.05) is 20.8 Å². The van der Waals surface area contributed by atoms with E-state index in [9.17, 15) is 9.59 Å². The molecule has 2 amide bonds. The molecule has 1 aliphatic heterocycles. The molecule has 0 radical (unpaired) electrons. The normalized spacial score (nSPS) is 18.0. The Kier molecular flexibility index (Phi) is 4.80. The molecule has 0 aromatic carbocycles. The van der Waals surface area contributed by atoms with Gasteiger partial charge in [-0.2, -0.15) is 0 Å². The number of piperidine rings is 1. The maximum atomic E-state index is 12.0. The molecule has 98 valence electrons. The summed E-state index contributed by atoms with van der Waals surface area (Å²) in [4.78, 5) is 25.0. The smallest absolute Gasteiger partial charge is 0.235 e. The van der Waals surface area contributed by atoms with Gasteiger partial charge in [0.05, 0.1) is 0 Å². The summed E-state index contributed by atoms with van der Waals surface area (Å²) in [6, 6.07) is 0.158. The summed E-state index contributed by atoms with van der Waals surface area (Å²) in [5.74, 6) is 0.0492. The third kappa shape index (κ3) is 4.19. The molecule has 1 heterocycles. The molecule has 0 unspecified atom stereocenters. The molecule has 1 saturated heterocycles. The second-order valence-electron chi connectivity index (χ2n) is 5.52. The average molecular weight is 261 g/mol. The molecule has 1 aliphatic rings. The molecule has 1 N–H and O–H groups in total. The van der Waals surface area contributed by atoms with E-state index in [0.717, 1.165) is 12.8 Å². The van der Waals surface area contributed by atoms with Gasteiger partial charge in [0.2, 0.25) is 11.8 Å². The first-order chi connectivity index (χ1) is 7.84. The van der Waals surface area contributed by atoms with E-state index in [4.69, 9.17) is 11.6 Å². The minimum atomic E-state index is -0.327. The molecule has 0 saturated carbocycles. The van der Waals surface area contributed by atoms with E-state index in [1.807, 2.05) is 25.7 Å². The molecule has 0 aromatic rings. The second kappa shape index (κ2) is 5.71. The predicted molar refractivity (Wildman–Crippen MR) is 67.9 cm³/mol. The summed E-state index contributed by atoms with van der Waals surface area (Å²) in [5.41, 5.74) is -0.327. The van der Waals surface area contributed by atoms with E-state index < -0.39 is 0 Å². The van der Waals surface area contributed by atoms with E-state index in [0.29, 0.717) is 13.1 Å². The molecular weight excluding hydrogens is 240 g/mol. The van der Waals surface area contributed by atoms with E-state index in [1.54, 1.807) is 0 Å². The standard InChI is InChI=1S/C12H21ClN2O2/c1-12(2,3)11(17)15-6-4-9(5-7-15)14-10(16)8-13/h9H,4-8H2,1-3H3,(H,14,16). The lowest BCUT2D eigenvalue weighted by atomic mass is 9.93. The second-order valence-corrected chi connectivity index (χ2v) is 5.78. The van der Waals surface area contributed by atoms with Crippen LogP contribution in [0.4, 0.5) is 0 Å². The number of halogens is 1. The third-order valence-electron chi connectivity index (χ3n) is 2.91. The van der Waals surface area contributed by atoms with Crippen LogP contribution in [0.5, 0.6) is 0 Å². The largest absolute Gasteiger partial charge is 0.352 e. The maximum Gasteiger partial charge on any atom is 0.235 e. The quantitative estimate of drug-likeness (QED) is 0.763. The van der Waals surface area contributed by atoms with E-state index in [1.165, 1.54) is 0 Å². The van der Waals surface area contributed by atoms with Crippen molar-refractivity contribution in [2.24, 2.45) is 5.41 Å². The Morgan fingerprint density at radius 1 is 1.29 bits per heavy atom. The van der Waals surface area contributed by atoms with Crippen molar-refractivity contribution in [3.05, 3.63) is 0 Å². The first kappa shape index (κ1) is 14.3. The van der Waals surface area contributed by atoms with Crippen LogP contribution in [-0.2, 0) is 9.59 Å². The first-order valence-corrected chi connectivity index (χ1v) is 6.52. The number of rotatable bonds is 2. The first-order valence-electron chi connectivity index (χ1n) is 5.99. The van der Waals surface area contributed by atoms with Crippen LogP contribution in [0.3, 0.4) is 0 Å². The molecule has 0 bridgehead atoms. The van der Waals surface area contributed by atoms with Gasteiger partial charge in [0.15, 0.2) is 0 Å². The van der Waals surface area contributed by atoms with Gasteiger partial charge in [-0.25, -0.2) is 0 Å². The van der Waals surface area contributed by atoms with E-state index in [-0.39, 0.29) is 29.2 Å². The lowest BCUT2D eigenvalue weighted by Gasteiger charge is -2.35. The van der Waals surface area contributed by atoms with Crippen LogP contribution in [0.1, 0.15) is 33.6 Å². The van der Waals surface area contributed by atoms with Crippen molar-refractivity contribution in [1.29, 1.82) is 0 Å². The molecule has 5 heteroatoms. The highest BCUT2D eigenvalue weighted by molar-refractivity contribution is 6.27. The SMILES string of the molecule is CC(C)(C)C(=O)N1CCC(NC(=O)CCl)CC1. The van der Waals surface area contributed by atoms with Crippen molar-refractivity contribution in [3.63, 3.8) is 0 Å². The van der Waals surface area contributed by atoms with E-state index >= 15 is 0 Å². The van der Waals surface area contributed by atoms with Gasteiger partial charge in [0, 0.05) is 24.5 Å². The minimum Gasteiger partial charge on any atom is -0.352 e. The van der Waals surface area contributed by atoms with E-state index in [2.05, 4.69) is 5.32 Å². The van der Waals surface area contributed by atoms with Gasteiger partial charge < -0.3 is 10.2 Å². The predicted octanol–water partition coefficient (Wildman–Crippen LogP) is 1.38. The highest BCUT2D eigenvalue weighted by atomic mass is 35.5. The molecule has 1 fully saturated rings. The summed E-state index contributed by atoms with van der Waals surface area (Å²) < 4.78 is 0. The molecule has 1 rings (SSSR count). The van der Waals surface area contributed by atoms with Crippen molar-refractivity contribution in [2.45, 2.75) is 39.7 Å². The molecular formula is C12H21ClN2O2. The number of hydrogen-bond donors (Lipinski definition) is 1. The Morgan fingerprint density at radius 3 is 2.24 bits per heavy atom. The Balaban J connectivity index is 2.41. The topological polar surface area (TPSA) is 49.4 Å². The fourth-order valence-corrected chi connectivity index (χ4v) is 2.04. The summed E-state index contributed by atoms with van der Waals surface area (Å²) in [6.07, 6.45) is 1.62. The molecule has 0 aromatic heterocycles. The summed E-state index contributed by atoms with van der Waals surface area (Å²) in [6.45, 7) is 7.21. The number of nitrogens with zero attached hydrogens (tertiary/aromatic N) is 1. The Hall–Kier alpha value is -0.770. The molecule has 0 atom stereocenters. The van der Waals surface area contributed by atoms with Crippen LogP contribution in [0.2, 0.25) is 0 Å². The fourth-order valence-electron chi connectivity index (χ4n) is 1.97. The molecule has 17 heavy (non-hydrogen) atoms. The van der Waals surface area contributed by atoms with Crippen molar-refractivity contribution in [1.82, 2.24) is 10.2 Å². The number of carbonyl (C=O) groups is 2. The van der Waals surface area contributed by atoms with Crippen molar-refractivity contribution in [3.8, 4) is 0 Å². The number of hydrogen-bond acceptors (Lipinski definition) is 2. The van der Waals surface area contributed by atoms with Crippen LogP contribution < -0.4 is 5.32 Å². The number of carbonyl (C=O) groups excluding carboxylic acids is 2. The Labute approximate surface area is 108 Å². The lowest BCUT2D eigenvalue weighted by Crippen LogP contribution is -2.49. The molecule has 0 aliphatic carbocycles. The minimum absolute atomic E-state index is 0.00113. The van der Waals surface area contributed by atoms with Crippen LogP contribution in [0, 0.1) is 5.41 Å². The van der Waals surface area contributed by atoms with Gasteiger partial charge in [-0.3, -0.25) is 9.59 Å². The monoisotopic (exact) mass is 260 g/mol. The van der Waals surface area contributed by atoms with Crippen LogP contribution in [0.15, 0.2) is 0 Å². The average Bonchev–Trinajstić information content (AvgIpc) is 2.27. The summed E-state index contributed by atoms with van der Waals surface area (Å²) in [5, 5.41) is 2.86. The highest BCUT2D eigenvalue weighted by Crippen LogP contribution is 2.20. The zero-order valence-corrected chi connectivity index (χ0v) is 11.5. The zero-order valence-electron chi connectivity index (χ0n) is 10.8. The lowest BCUT2D eigenvalue weighted by molar-refractivity contribution is -0.140. The van der Waals surface area contributed by atoms with Gasteiger partial charge in [-0.15, -0.1) is 11.6 Å². The zero-order chi connectivity index (χ0) is 13.1. The van der Waals surface area contributed by atoms with Gasteiger partial charge in [-0.05, 0) is 12.8 Å². The van der Waals surface area contributed by atoms with Crippen LogP contribution in [-0.4, -0.2) is 41.7 Å². The fraction of sp³-hybridized carbons (Fsp3) is 0.833. The molecule has 0 spiro atoms. The number of amides is 2. The number of alkyl halides is 1. The Morgan fingerprint density at radius 2 is 1.82 bits per heavy atom. The van der Waals surface area contributed by atoms with Gasteiger partial charge in [0.25, 0.3) is 0 Å². The van der Waals surface area contributed by atoms with Crippen molar-refractivity contribution in [2.75, 3.05) is 19.0 Å². The van der Waals surface area contributed by atoms with Gasteiger partial charge >= 0.3 is 0 Å². The third-order valence-corrected chi connectivity index (χ3v) is 3.15. The molecule has 4 nitrogen and oxygen atoms in total. The maximum absolute atomic E-state index is 12.0. The number of likely N-dealkylation sites (tertiary alicyclic amines) is 1. The van der Waals surface area contributed by atoms with Crippen molar-refractivity contribution >= 4 is 23.4 Å². The summed E-state index contributed by atoms with van der Waals surface area (Å²) >= 11 is 5.43. The number of nitrogens with one attached hydrogen (secondary N) is 1. The summed E-state index contributed by atoms with van der Waals surface area (Å²) in [7, 11) is 0. The highest BCUT2D eigenvalue weighted by Gasteiger charge is 2.30. The Bertz CT molecular complexity index is 291.